The van der Waals surface area contributed by atoms with Gasteiger partial charge in [-0.25, -0.2) is 9.97 Å². The Balaban J connectivity index is 1.48. The highest BCUT2D eigenvalue weighted by atomic mass is 35.5. The topological polar surface area (TPSA) is 109 Å². The standard InChI is InChI=1S/C20H24ClN7/c1-12-9-17(16(22)10-15(12)21)27-13(2)20(23)4-7-28(8-5-20)19-14-3-6-24-18(14)25-11-26-19/h3,6,9-11,27H,2,4-5,7-8,22-23H2,1H3,(H,24,25,26). The SMILES string of the molecule is C=C(Nc1cc(C)c(Cl)cc1N)C1(N)CCN(c2ncnc3[nH]ccc23)CC1. The normalized spacial score (nSPS) is 16.3. The first-order chi connectivity index (χ1) is 13.4. The molecule has 7 nitrogen and oxygen atoms in total. The molecule has 3 heterocycles. The summed E-state index contributed by atoms with van der Waals surface area (Å²) in [5, 5.41) is 4.98. The number of aromatic amines is 1. The average Bonchev–Trinajstić information content (AvgIpc) is 3.15. The van der Waals surface area contributed by atoms with E-state index in [1.54, 1.807) is 12.4 Å². The van der Waals surface area contributed by atoms with E-state index in [-0.39, 0.29) is 0 Å². The van der Waals surface area contributed by atoms with Gasteiger partial charge in [0, 0.05) is 30.0 Å². The van der Waals surface area contributed by atoms with E-state index in [4.69, 9.17) is 23.1 Å². The number of fused-ring (bicyclic) bond motifs is 1. The Bertz CT molecular complexity index is 1030. The van der Waals surface area contributed by atoms with Crippen molar-refractivity contribution in [3.8, 4) is 0 Å². The second-order valence-electron chi connectivity index (χ2n) is 7.37. The van der Waals surface area contributed by atoms with Crippen LogP contribution in [0, 0.1) is 6.92 Å². The second-order valence-corrected chi connectivity index (χ2v) is 7.78. The van der Waals surface area contributed by atoms with Gasteiger partial charge in [0.25, 0.3) is 0 Å². The lowest BCUT2D eigenvalue weighted by Gasteiger charge is -2.41. The largest absolute Gasteiger partial charge is 0.397 e. The highest BCUT2D eigenvalue weighted by Gasteiger charge is 2.34. The molecule has 4 rings (SSSR count). The maximum Gasteiger partial charge on any atom is 0.142 e. The summed E-state index contributed by atoms with van der Waals surface area (Å²) in [6.45, 7) is 7.71. The maximum atomic E-state index is 6.71. The minimum absolute atomic E-state index is 0.527. The average molecular weight is 398 g/mol. The molecule has 0 spiro atoms. The van der Waals surface area contributed by atoms with Crippen LogP contribution in [0.5, 0.6) is 0 Å². The van der Waals surface area contributed by atoms with Gasteiger partial charge in [-0.2, -0.15) is 0 Å². The third-order valence-electron chi connectivity index (χ3n) is 5.51. The molecule has 0 unspecified atom stereocenters. The molecular weight excluding hydrogens is 374 g/mol. The van der Waals surface area contributed by atoms with Crippen LogP contribution in [0.2, 0.25) is 5.02 Å². The van der Waals surface area contributed by atoms with E-state index < -0.39 is 5.54 Å². The van der Waals surface area contributed by atoms with Crippen molar-refractivity contribution >= 4 is 39.8 Å². The minimum atomic E-state index is -0.527. The summed E-state index contributed by atoms with van der Waals surface area (Å²) in [6.07, 6.45) is 4.97. The molecule has 0 saturated carbocycles. The van der Waals surface area contributed by atoms with E-state index in [0.29, 0.717) is 10.7 Å². The zero-order valence-corrected chi connectivity index (χ0v) is 16.6. The molecule has 8 heteroatoms. The molecule has 0 bridgehead atoms. The van der Waals surface area contributed by atoms with Crippen molar-refractivity contribution in [2.24, 2.45) is 5.73 Å². The zero-order valence-electron chi connectivity index (χ0n) is 15.8. The molecule has 1 saturated heterocycles. The van der Waals surface area contributed by atoms with Gasteiger partial charge in [0.15, 0.2) is 0 Å². The third-order valence-corrected chi connectivity index (χ3v) is 5.91. The number of hydrogen-bond donors (Lipinski definition) is 4. The molecule has 2 aromatic heterocycles. The molecule has 0 atom stereocenters. The number of nitrogens with one attached hydrogen (secondary N) is 2. The highest BCUT2D eigenvalue weighted by Crippen LogP contribution is 2.33. The van der Waals surface area contributed by atoms with E-state index in [1.165, 1.54) is 0 Å². The predicted octanol–water partition coefficient (Wildman–Crippen LogP) is 3.43. The van der Waals surface area contributed by atoms with Gasteiger partial charge in [0.05, 0.1) is 22.3 Å². The smallest absolute Gasteiger partial charge is 0.142 e. The highest BCUT2D eigenvalue weighted by molar-refractivity contribution is 6.31. The summed E-state index contributed by atoms with van der Waals surface area (Å²) in [5.74, 6) is 0.935. The van der Waals surface area contributed by atoms with Crippen LogP contribution in [0.15, 0.2) is 43.0 Å². The van der Waals surface area contributed by atoms with E-state index in [9.17, 15) is 0 Å². The van der Waals surface area contributed by atoms with Gasteiger partial charge in [-0.1, -0.05) is 18.2 Å². The molecule has 6 N–H and O–H groups in total. The van der Waals surface area contributed by atoms with E-state index in [0.717, 1.165) is 59.7 Å². The number of benzene rings is 1. The molecule has 1 aliphatic heterocycles. The zero-order chi connectivity index (χ0) is 19.9. The third kappa shape index (κ3) is 3.27. The van der Waals surface area contributed by atoms with E-state index in [1.807, 2.05) is 25.3 Å². The van der Waals surface area contributed by atoms with Crippen LogP contribution in [0.1, 0.15) is 18.4 Å². The lowest BCUT2D eigenvalue weighted by molar-refractivity contribution is 0.387. The Kier molecular flexibility index (Phi) is 4.64. The van der Waals surface area contributed by atoms with Crippen molar-refractivity contribution in [1.29, 1.82) is 0 Å². The van der Waals surface area contributed by atoms with Gasteiger partial charge in [-0.3, -0.25) is 0 Å². The number of piperidine rings is 1. The first-order valence-electron chi connectivity index (χ1n) is 9.21. The van der Waals surface area contributed by atoms with Crippen molar-refractivity contribution in [3.63, 3.8) is 0 Å². The quantitative estimate of drug-likeness (QED) is 0.502. The number of nitrogens with zero attached hydrogens (tertiary/aromatic N) is 3. The number of halogens is 1. The summed E-state index contributed by atoms with van der Waals surface area (Å²) in [6, 6.07) is 5.67. The molecule has 1 fully saturated rings. The van der Waals surface area contributed by atoms with Crippen LogP contribution in [0.4, 0.5) is 17.2 Å². The monoisotopic (exact) mass is 397 g/mol. The molecule has 0 radical (unpaired) electrons. The fourth-order valence-electron chi connectivity index (χ4n) is 3.62. The Hall–Kier alpha value is -2.77. The Morgan fingerprint density at radius 1 is 1.32 bits per heavy atom. The first-order valence-corrected chi connectivity index (χ1v) is 9.59. The number of H-pyrrole nitrogens is 1. The van der Waals surface area contributed by atoms with Crippen LogP contribution in [0.25, 0.3) is 11.0 Å². The summed E-state index contributed by atoms with van der Waals surface area (Å²) < 4.78 is 0. The van der Waals surface area contributed by atoms with Gasteiger partial charge < -0.3 is 26.7 Å². The Morgan fingerprint density at radius 3 is 2.82 bits per heavy atom. The fourth-order valence-corrected chi connectivity index (χ4v) is 3.79. The molecule has 146 valence electrons. The Morgan fingerprint density at radius 2 is 2.07 bits per heavy atom. The first kappa shape index (κ1) is 18.6. The number of aromatic nitrogens is 3. The number of hydrogen-bond acceptors (Lipinski definition) is 6. The Labute approximate surface area is 168 Å². The minimum Gasteiger partial charge on any atom is -0.397 e. The van der Waals surface area contributed by atoms with Gasteiger partial charge in [0.1, 0.15) is 17.8 Å². The van der Waals surface area contributed by atoms with Crippen molar-refractivity contribution < 1.29 is 0 Å². The van der Waals surface area contributed by atoms with Crippen LogP contribution in [-0.2, 0) is 0 Å². The lowest BCUT2D eigenvalue weighted by atomic mass is 9.85. The molecule has 0 aliphatic carbocycles. The summed E-state index contributed by atoms with van der Waals surface area (Å²) in [4.78, 5) is 14.1. The van der Waals surface area contributed by atoms with Crippen molar-refractivity contribution in [2.75, 3.05) is 29.0 Å². The van der Waals surface area contributed by atoms with Crippen LogP contribution >= 0.6 is 11.6 Å². The molecular formula is C20H24ClN7. The van der Waals surface area contributed by atoms with Crippen molar-refractivity contribution in [1.82, 2.24) is 15.0 Å². The molecule has 0 amide bonds. The number of aryl methyl sites for hydroxylation is 1. The van der Waals surface area contributed by atoms with Crippen molar-refractivity contribution in [2.45, 2.75) is 25.3 Å². The maximum absolute atomic E-state index is 6.71. The van der Waals surface area contributed by atoms with Crippen LogP contribution < -0.4 is 21.7 Å². The van der Waals surface area contributed by atoms with E-state index in [2.05, 4.69) is 31.7 Å². The summed E-state index contributed by atoms with van der Waals surface area (Å²) in [5.41, 5.74) is 16.2. The summed E-state index contributed by atoms with van der Waals surface area (Å²) in [7, 11) is 0. The van der Waals surface area contributed by atoms with E-state index >= 15 is 0 Å². The number of anilines is 3. The van der Waals surface area contributed by atoms with Gasteiger partial charge in [-0.05, 0) is 43.5 Å². The number of nitrogen functional groups attached to an aromatic ring is 1. The van der Waals surface area contributed by atoms with Gasteiger partial charge in [-0.15, -0.1) is 0 Å². The fraction of sp³-hybridized carbons (Fsp3) is 0.300. The molecule has 1 aliphatic rings. The second kappa shape index (κ2) is 7.00. The molecule has 3 aromatic rings. The lowest BCUT2D eigenvalue weighted by Crippen LogP contribution is -2.53. The number of rotatable bonds is 4. The van der Waals surface area contributed by atoms with Crippen LogP contribution in [0.3, 0.4) is 0 Å². The van der Waals surface area contributed by atoms with Crippen molar-refractivity contribution in [3.05, 3.63) is 53.6 Å². The van der Waals surface area contributed by atoms with Gasteiger partial charge >= 0.3 is 0 Å². The predicted molar refractivity (Wildman–Crippen MR) is 116 cm³/mol. The summed E-state index contributed by atoms with van der Waals surface area (Å²) >= 11 is 6.13. The number of nitrogens with two attached hydrogens (primary N) is 2. The van der Waals surface area contributed by atoms with Crippen LogP contribution in [-0.4, -0.2) is 33.6 Å². The molecule has 1 aromatic carbocycles. The molecule has 28 heavy (non-hydrogen) atoms. The van der Waals surface area contributed by atoms with Gasteiger partial charge in [0.2, 0.25) is 0 Å².